The lowest BCUT2D eigenvalue weighted by molar-refractivity contribution is 0.0906. The Morgan fingerprint density at radius 1 is 1.15 bits per heavy atom. The van der Waals surface area contributed by atoms with Crippen molar-refractivity contribution in [3.63, 3.8) is 0 Å². The number of aromatic nitrogens is 1. The van der Waals surface area contributed by atoms with E-state index in [-0.39, 0.29) is 12.0 Å². The number of carbonyl (C=O) groups excluding carboxylic acids is 1. The third-order valence-corrected chi connectivity index (χ3v) is 5.24. The maximum absolute atomic E-state index is 12.7. The number of fused-ring (bicyclic) bond motifs is 1. The van der Waals surface area contributed by atoms with Crippen molar-refractivity contribution < 1.29 is 19.0 Å². The molecule has 1 aromatic heterocycles. The maximum Gasteiger partial charge on any atom is 0.253 e. The first-order valence-corrected chi connectivity index (χ1v) is 9.62. The minimum absolute atomic E-state index is 0.0371. The Morgan fingerprint density at radius 2 is 1.96 bits per heavy atom. The van der Waals surface area contributed by atoms with Crippen LogP contribution < -0.4 is 14.8 Å². The second kappa shape index (κ2) is 7.64. The lowest BCUT2D eigenvalue weighted by Gasteiger charge is -2.20. The van der Waals surface area contributed by atoms with Gasteiger partial charge in [0, 0.05) is 36.3 Å². The van der Waals surface area contributed by atoms with Crippen LogP contribution in [0.1, 0.15) is 41.0 Å². The zero-order valence-electron chi connectivity index (χ0n) is 15.9. The molecule has 144 valence electrons. The molecule has 1 fully saturated rings. The van der Waals surface area contributed by atoms with Gasteiger partial charge in [0.15, 0.2) is 11.5 Å². The van der Waals surface area contributed by atoms with Crippen molar-refractivity contribution in [2.24, 2.45) is 0 Å². The van der Waals surface area contributed by atoms with E-state index in [4.69, 9.17) is 14.2 Å². The summed E-state index contributed by atoms with van der Waals surface area (Å²) in [5.74, 6) is 1.47. The van der Waals surface area contributed by atoms with E-state index >= 15 is 0 Å². The van der Waals surface area contributed by atoms with Crippen LogP contribution in [-0.2, 0) is 4.74 Å². The SMILES string of the molecule is Cc1cc(C(=O)NCC[C@@H]2CCCO2)c(C)n1-c1ccc2c(c1)OCCO2. The lowest BCUT2D eigenvalue weighted by atomic mass is 10.2. The normalized spacial score (nSPS) is 18.5. The first-order chi connectivity index (χ1) is 13.1. The minimum atomic E-state index is -0.0371. The average molecular weight is 370 g/mol. The molecule has 4 rings (SSSR count). The second-order valence-corrected chi connectivity index (χ2v) is 7.13. The van der Waals surface area contributed by atoms with Crippen LogP contribution in [0, 0.1) is 13.8 Å². The van der Waals surface area contributed by atoms with Gasteiger partial charge in [-0.15, -0.1) is 0 Å². The molecule has 0 radical (unpaired) electrons. The number of nitrogens with one attached hydrogen (secondary N) is 1. The van der Waals surface area contributed by atoms with Gasteiger partial charge in [0.2, 0.25) is 0 Å². The van der Waals surface area contributed by atoms with Gasteiger partial charge < -0.3 is 24.1 Å². The van der Waals surface area contributed by atoms with E-state index in [1.807, 2.05) is 38.1 Å². The molecule has 3 heterocycles. The summed E-state index contributed by atoms with van der Waals surface area (Å²) in [5.41, 5.74) is 3.59. The molecule has 2 aromatic rings. The summed E-state index contributed by atoms with van der Waals surface area (Å²) in [6, 6.07) is 7.82. The quantitative estimate of drug-likeness (QED) is 0.878. The molecule has 1 N–H and O–H groups in total. The number of nitrogens with zero attached hydrogens (tertiary/aromatic N) is 1. The van der Waals surface area contributed by atoms with Crippen molar-refractivity contribution in [2.75, 3.05) is 26.4 Å². The fourth-order valence-electron chi connectivity index (χ4n) is 3.88. The molecule has 0 unspecified atom stereocenters. The highest BCUT2D eigenvalue weighted by atomic mass is 16.6. The summed E-state index contributed by atoms with van der Waals surface area (Å²) in [6.07, 6.45) is 3.37. The number of hydrogen-bond donors (Lipinski definition) is 1. The van der Waals surface area contributed by atoms with Crippen LogP contribution in [0.25, 0.3) is 5.69 Å². The molecular formula is C21H26N2O4. The van der Waals surface area contributed by atoms with Crippen LogP contribution in [0.5, 0.6) is 11.5 Å². The van der Waals surface area contributed by atoms with Crippen molar-refractivity contribution in [3.8, 4) is 17.2 Å². The lowest BCUT2D eigenvalue weighted by Crippen LogP contribution is -2.27. The summed E-state index contributed by atoms with van der Waals surface area (Å²) in [4.78, 5) is 12.7. The fourth-order valence-corrected chi connectivity index (χ4v) is 3.88. The van der Waals surface area contributed by atoms with Gasteiger partial charge in [-0.25, -0.2) is 0 Å². The molecule has 1 aromatic carbocycles. The van der Waals surface area contributed by atoms with E-state index in [0.717, 1.165) is 54.4 Å². The summed E-state index contributed by atoms with van der Waals surface area (Å²) in [6.45, 7) is 6.58. The number of rotatable bonds is 5. The Hall–Kier alpha value is -2.47. The number of carbonyl (C=O) groups is 1. The van der Waals surface area contributed by atoms with Gasteiger partial charge >= 0.3 is 0 Å². The number of aryl methyl sites for hydroxylation is 1. The van der Waals surface area contributed by atoms with Crippen LogP contribution in [0.3, 0.4) is 0 Å². The van der Waals surface area contributed by atoms with E-state index in [1.54, 1.807) is 0 Å². The van der Waals surface area contributed by atoms with Crippen molar-refractivity contribution in [1.29, 1.82) is 0 Å². The molecule has 1 saturated heterocycles. The molecule has 2 aliphatic heterocycles. The van der Waals surface area contributed by atoms with Crippen molar-refractivity contribution >= 4 is 5.91 Å². The molecule has 1 amide bonds. The van der Waals surface area contributed by atoms with E-state index in [2.05, 4.69) is 9.88 Å². The highest BCUT2D eigenvalue weighted by Gasteiger charge is 2.20. The Morgan fingerprint density at radius 3 is 2.74 bits per heavy atom. The third-order valence-electron chi connectivity index (χ3n) is 5.24. The molecular weight excluding hydrogens is 344 g/mol. The molecule has 0 bridgehead atoms. The Balaban J connectivity index is 1.50. The summed E-state index contributed by atoms with van der Waals surface area (Å²) >= 11 is 0. The predicted molar refractivity (Wildman–Crippen MR) is 102 cm³/mol. The molecule has 0 spiro atoms. The highest BCUT2D eigenvalue weighted by molar-refractivity contribution is 5.95. The smallest absolute Gasteiger partial charge is 0.253 e. The van der Waals surface area contributed by atoms with Crippen LogP contribution >= 0.6 is 0 Å². The van der Waals surface area contributed by atoms with Crippen molar-refractivity contribution in [2.45, 2.75) is 39.2 Å². The van der Waals surface area contributed by atoms with Crippen LogP contribution in [0.2, 0.25) is 0 Å². The number of amides is 1. The summed E-state index contributed by atoms with van der Waals surface area (Å²) in [5, 5.41) is 3.03. The zero-order valence-corrected chi connectivity index (χ0v) is 15.9. The number of hydrogen-bond acceptors (Lipinski definition) is 4. The van der Waals surface area contributed by atoms with Gasteiger partial charge in [0.25, 0.3) is 5.91 Å². The molecule has 0 aliphatic carbocycles. The highest BCUT2D eigenvalue weighted by Crippen LogP contribution is 2.33. The third kappa shape index (κ3) is 3.67. The second-order valence-electron chi connectivity index (χ2n) is 7.13. The summed E-state index contributed by atoms with van der Waals surface area (Å²) < 4.78 is 19.0. The molecule has 1 atom stereocenters. The van der Waals surface area contributed by atoms with Crippen molar-refractivity contribution in [1.82, 2.24) is 9.88 Å². The van der Waals surface area contributed by atoms with Crippen LogP contribution in [-0.4, -0.2) is 42.9 Å². The Bertz CT molecular complexity index is 837. The zero-order chi connectivity index (χ0) is 18.8. The largest absolute Gasteiger partial charge is 0.486 e. The van der Waals surface area contributed by atoms with Crippen molar-refractivity contribution in [3.05, 3.63) is 41.2 Å². The Labute approximate surface area is 159 Å². The summed E-state index contributed by atoms with van der Waals surface area (Å²) in [7, 11) is 0. The average Bonchev–Trinajstić information content (AvgIpc) is 3.29. The van der Waals surface area contributed by atoms with Gasteiger partial charge in [-0.2, -0.15) is 0 Å². The Kier molecular flexibility index (Phi) is 5.07. The molecule has 0 saturated carbocycles. The van der Waals surface area contributed by atoms with Crippen LogP contribution in [0.4, 0.5) is 0 Å². The van der Waals surface area contributed by atoms with E-state index in [1.165, 1.54) is 0 Å². The molecule has 6 nitrogen and oxygen atoms in total. The molecule has 27 heavy (non-hydrogen) atoms. The van der Waals surface area contributed by atoms with Gasteiger partial charge in [-0.1, -0.05) is 0 Å². The molecule has 2 aliphatic rings. The van der Waals surface area contributed by atoms with Gasteiger partial charge in [-0.3, -0.25) is 4.79 Å². The van der Waals surface area contributed by atoms with E-state index < -0.39 is 0 Å². The first-order valence-electron chi connectivity index (χ1n) is 9.62. The van der Waals surface area contributed by atoms with Gasteiger partial charge in [0.05, 0.1) is 11.7 Å². The number of benzene rings is 1. The topological polar surface area (TPSA) is 61.7 Å². The van der Waals surface area contributed by atoms with Gasteiger partial charge in [-0.05, 0) is 51.3 Å². The fraction of sp³-hybridized carbons (Fsp3) is 0.476. The van der Waals surface area contributed by atoms with E-state index in [9.17, 15) is 4.79 Å². The standard InChI is InChI=1S/C21H26N2O4/c1-14-12-18(21(24)22-8-7-17-4-3-9-25-17)15(2)23(14)16-5-6-19-20(13-16)27-11-10-26-19/h5-6,12-13,17H,3-4,7-11H2,1-2H3,(H,22,24)/t17-/m0/s1. The maximum atomic E-state index is 12.7. The van der Waals surface area contributed by atoms with Gasteiger partial charge in [0.1, 0.15) is 13.2 Å². The number of ether oxygens (including phenoxy) is 3. The van der Waals surface area contributed by atoms with E-state index in [0.29, 0.717) is 25.3 Å². The first kappa shape index (κ1) is 17.9. The van der Waals surface area contributed by atoms with Crippen LogP contribution in [0.15, 0.2) is 24.3 Å². The minimum Gasteiger partial charge on any atom is -0.486 e. The predicted octanol–water partition coefficient (Wildman–Crippen LogP) is 3.16. The molecule has 6 heteroatoms. The monoisotopic (exact) mass is 370 g/mol.